The lowest BCUT2D eigenvalue weighted by Gasteiger charge is -2.18. The van der Waals surface area contributed by atoms with Crippen molar-refractivity contribution < 1.29 is 28.9 Å². The van der Waals surface area contributed by atoms with E-state index in [-0.39, 0.29) is 11.9 Å². The summed E-state index contributed by atoms with van der Waals surface area (Å²) in [6.45, 7) is 5.52. The van der Waals surface area contributed by atoms with Gasteiger partial charge in [-0.25, -0.2) is 4.79 Å². The molecule has 2 aliphatic rings. The van der Waals surface area contributed by atoms with Gasteiger partial charge in [0.05, 0.1) is 32.9 Å². The van der Waals surface area contributed by atoms with Crippen molar-refractivity contribution in [3.05, 3.63) is 45.8 Å². The minimum absolute atomic E-state index is 0.0244. The summed E-state index contributed by atoms with van der Waals surface area (Å²) in [6.07, 6.45) is 4.02. The van der Waals surface area contributed by atoms with Crippen molar-refractivity contribution in [3.8, 4) is 5.75 Å². The molecule has 4 rings (SSSR count). The van der Waals surface area contributed by atoms with Crippen molar-refractivity contribution in [2.75, 3.05) is 52.3 Å². The molecule has 3 N–H and O–H groups in total. The zero-order valence-corrected chi connectivity index (χ0v) is 19.7. The van der Waals surface area contributed by atoms with E-state index in [1.165, 1.54) is 33.8 Å². The van der Waals surface area contributed by atoms with Gasteiger partial charge in [-0.15, -0.1) is 11.3 Å². The van der Waals surface area contributed by atoms with Crippen molar-refractivity contribution >= 4 is 28.2 Å². The highest BCUT2D eigenvalue weighted by Gasteiger charge is 2.29. The van der Waals surface area contributed by atoms with Gasteiger partial charge in [0.2, 0.25) is 0 Å². The summed E-state index contributed by atoms with van der Waals surface area (Å²) in [5.41, 5.74) is 2.94. The Morgan fingerprint density at radius 3 is 2.50 bits per heavy atom. The number of rotatable bonds is 7. The Kier molecular flexibility index (Phi) is 7.44. The maximum Gasteiger partial charge on any atom is 0.341 e. The number of hydrogen-bond acceptors (Lipinski definition) is 5. The van der Waals surface area contributed by atoms with Gasteiger partial charge in [0.1, 0.15) is 30.4 Å². The molecule has 8 heteroatoms. The van der Waals surface area contributed by atoms with E-state index in [2.05, 4.69) is 17.4 Å². The third kappa shape index (κ3) is 5.31. The van der Waals surface area contributed by atoms with Crippen LogP contribution in [0.4, 0.5) is 5.00 Å². The predicted octanol–water partition coefficient (Wildman–Crippen LogP) is 0.344. The van der Waals surface area contributed by atoms with Crippen LogP contribution in [0, 0.1) is 0 Å². The minimum Gasteiger partial charge on any atom is -0.497 e. The number of aryl methyl sites for hydroxylation is 1. The molecule has 0 radical (unpaired) electrons. The molecule has 0 bridgehead atoms. The highest BCUT2D eigenvalue weighted by Crippen LogP contribution is 2.39. The minimum atomic E-state index is -0.348. The molecule has 1 aromatic heterocycles. The molecule has 7 nitrogen and oxygen atoms in total. The summed E-state index contributed by atoms with van der Waals surface area (Å²) in [4.78, 5) is 29.2. The smallest absolute Gasteiger partial charge is 0.341 e. The van der Waals surface area contributed by atoms with Gasteiger partial charge in [0.25, 0.3) is 5.91 Å². The lowest BCUT2D eigenvalue weighted by Crippen LogP contribution is -3.17. The lowest BCUT2D eigenvalue weighted by molar-refractivity contribution is -0.942. The van der Waals surface area contributed by atoms with Crippen molar-refractivity contribution in [1.29, 1.82) is 0 Å². The monoisotopic (exact) mass is 459 g/mol. The van der Waals surface area contributed by atoms with E-state index in [4.69, 9.17) is 9.47 Å². The molecular weight excluding hydrogens is 426 g/mol. The predicted molar refractivity (Wildman–Crippen MR) is 124 cm³/mol. The van der Waals surface area contributed by atoms with E-state index >= 15 is 0 Å². The molecule has 0 saturated carbocycles. The van der Waals surface area contributed by atoms with Gasteiger partial charge in [0, 0.05) is 16.9 Å². The molecule has 1 aliphatic heterocycles. The van der Waals surface area contributed by atoms with Crippen molar-refractivity contribution in [3.63, 3.8) is 0 Å². The number of quaternary nitrogens is 2. The Morgan fingerprint density at radius 2 is 1.75 bits per heavy atom. The molecule has 32 heavy (non-hydrogen) atoms. The number of nitrogens with one attached hydrogen (secondary N) is 3. The first-order valence-electron chi connectivity index (χ1n) is 11.4. The number of carbonyl (C=O) groups excluding carboxylic acids is 2. The second kappa shape index (κ2) is 10.5. The summed E-state index contributed by atoms with van der Waals surface area (Å²) < 4.78 is 10.2. The van der Waals surface area contributed by atoms with Crippen LogP contribution in [0.1, 0.15) is 39.2 Å². The average molecular weight is 460 g/mol. The molecule has 1 aliphatic carbocycles. The second-order valence-corrected chi connectivity index (χ2v) is 9.76. The summed E-state index contributed by atoms with van der Waals surface area (Å²) in [5, 5.41) is 3.68. The molecule has 2 aromatic rings. The fourth-order valence-electron chi connectivity index (χ4n) is 4.79. The molecule has 1 fully saturated rings. The highest BCUT2D eigenvalue weighted by molar-refractivity contribution is 7.17. The first kappa shape index (κ1) is 22.8. The average Bonchev–Trinajstić information content (AvgIpc) is 3.30. The number of anilines is 1. The van der Waals surface area contributed by atoms with Crippen molar-refractivity contribution in [2.45, 2.75) is 32.2 Å². The van der Waals surface area contributed by atoms with Gasteiger partial charge in [-0.3, -0.25) is 4.79 Å². The number of benzene rings is 1. The van der Waals surface area contributed by atoms with E-state index in [9.17, 15) is 9.59 Å². The second-order valence-electron chi connectivity index (χ2n) is 8.66. The van der Waals surface area contributed by atoms with Crippen molar-refractivity contribution in [2.24, 2.45) is 0 Å². The van der Waals surface area contributed by atoms with Crippen LogP contribution in [-0.2, 0) is 28.9 Å². The van der Waals surface area contributed by atoms with Crippen LogP contribution < -0.4 is 19.9 Å². The fraction of sp³-hybridized carbons (Fsp3) is 0.500. The van der Waals surface area contributed by atoms with E-state index in [0.29, 0.717) is 17.1 Å². The maximum absolute atomic E-state index is 12.8. The quantitative estimate of drug-likeness (QED) is 0.523. The van der Waals surface area contributed by atoms with E-state index in [0.717, 1.165) is 69.7 Å². The van der Waals surface area contributed by atoms with E-state index < -0.39 is 0 Å². The van der Waals surface area contributed by atoms with Gasteiger partial charge < -0.3 is 24.6 Å². The lowest BCUT2D eigenvalue weighted by atomic mass is 10.1. The molecule has 0 spiro atoms. The Balaban J connectivity index is 1.31. The van der Waals surface area contributed by atoms with Crippen LogP contribution in [0.3, 0.4) is 0 Å². The SMILES string of the molecule is COC(=O)c1c(NC(=O)C[NH+]2CCC[NH+](Cc3ccc(OC)cc3)CC2)sc2c1CCC2. The van der Waals surface area contributed by atoms with Gasteiger partial charge in [-0.2, -0.15) is 0 Å². The molecule has 2 heterocycles. The number of ether oxygens (including phenoxy) is 2. The van der Waals surface area contributed by atoms with Crippen LogP contribution >= 0.6 is 11.3 Å². The maximum atomic E-state index is 12.8. The third-order valence-electron chi connectivity index (χ3n) is 6.48. The molecule has 1 amide bonds. The summed E-state index contributed by atoms with van der Waals surface area (Å²) >= 11 is 1.54. The molecule has 1 saturated heterocycles. The van der Waals surface area contributed by atoms with Crippen LogP contribution in [-0.4, -0.2) is 58.8 Å². The Labute approximate surface area is 193 Å². The Hall–Kier alpha value is -2.42. The first-order chi connectivity index (χ1) is 15.6. The van der Waals surface area contributed by atoms with Crippen LogP contribution in [0.25, 0.3) is 0 Å². The zero-order chi connectivity index (χ0) is 22.5. The van der Waals surface area contributed by atoms with Gasteiger partial charge in [0.15, 0.2) is 6.54 Å². The number of methoxy groups -OCH3 is 2. The highest BCUT2D eigenvalue weighted by atomic mass is 32.1. The largest absolute Gasteiger partial charge is 0.497 e. The normalized spacial score (nSPS) is 20.3. The fourth-order valence-corrected chi connectivity index (χ4v) is 6.08. The number of esters is 1. The topological polar surface area (TPSA) is 73.5 Å². The number of amides is 1. The molecule has 1 aromatic carbocycles. The van der Waals surface area contributed by atoms with Crippen LogP contribution in [0.15, 0.2) is 24.3 Å². The van der Waals surface area contributed by atoms with E-state index in [1.54, 1.807) is 12.0 Å². The van der Waals surface area contributed by atoms with Gasteiger partial charge in [-0.05, 0) is 49.1 Å². The zero-order valence-electron chi connectivity index (χ0n) is 18.9. The molecule has 2 unspecified atom stereocenters. The van der Waals surface area contributed by atoms with E-state index in [1.807, 2.05) is 12.1 Å². The first-order valence-corrected chi connectivity index (χ1v) is 12.2. The number of fused-ring (bicyclic) bond motifs is 1. The Bertz CT molecular complexity index is 957. The summed E-state index contributed by atoms with van der Waals surface area (Å²) in [7, 11) is 3.08. The standard InChI is InChI=1S/C24H31N3O4S/c1-30-18-9-7-17(8-10-18)15-26-11-4-12-27(14-13-26)16-21(28)25-23-22(24(29)31-2)19-5-3-6-20(19)32-23/h7-10H,3-6,11-16H2,1-2H3,(H,25,28)/p+2. The summed E-state index contributed by atoms with van der Waals surface area (Å²) in [5.74, 6) is 0.510. The number of hydrogen-bond donors (Lipinski definition) is 3. The molecule has 172 valence electrons. The third-order valence-corrected chi connectivity index (χ3v) is 7.69. The van der Waals surface area contributed by atoms with Gasteiger partial charge in [-0.1, -0.05) is 0 Å². The number of thiophene rings is 1. The molecular formula is C24H33N3O4S+2. The van der Waals surface area contributed by atoms with Crippen molar-refractivity contribution in [1.82, 2.24) is 0 Å². The Morgan fingerprint density at radius 1 is 1.00 bits per heavy atom. The van der Waals surface area contributed by atoms with Crippen LogP contribution in [0.5, 0.6) is 5.75 Å². The van der Waals surface area contributed by atoms with Gasteiger partial charge >= 0.3 is 5.97 Å². The summed E-state index contributed by atoms with van der Waals surface area (Å²) in [6, 6.07) is 8.28. The van der Waals surface area contributed by atoms with Crippen LogP contribution in [0.2, 0.25) is 0 Å². The number of carbonyl (C=O) groups is 2. The molecule has 2 atom stereocenters.